The Morgan fingerprint density at radius 1 is 1.00 bits per heavy atom. The number of nitrogens with two attached hydrogens (primary N) is 1. The number of anilines is 1. The molecule has 0 unspecified atom stereocenters. The summed E-state index contributed by atoms with van der Waals surface area (Å²) in [6.07, 6.45) is 8.63. The summed E-state index contributed by atoms with van der Waals surface area (Å²) >= 11 is 0. The molecule has 0 fully saturated rings. The van der Waals surface area contributed by atoms with E-state index in [1.54, 1.807) is 24.2 Å². The number of benzene rings is 1. The van der Waals surface area contributed by atoms with Gasteiger partial charge in [-0.1, -0.05) is 6.07 Å². The lowest BCUT2D eigenvalue weighted by Gasteiger charge is -2.12. The Kier molecular flexibility index (Phi) is 4.17. The first kappa shape index (κ1) is 18.6. The second kappa shape index (κ2) is 7.19. The molecule has 0 radical (unpaired) electrons. The Morgan fingerprint density at radius 2 is 1.91 bits per heavy atom. The van der Waals surface area contributed by atoms with Crippen LogP contribution in [0.4, 0.5) is 5.82 Å². The van der Waals surface area contributed by atoms with Gasteiger partial charge >= 0.3 is 0 Å². The summed E-state index contributed by atoms with van der Waals surface area (Å²) < 4.78 is 9.45. The monoisotopic (exact) mass is 423 g/mol. The summed E-state index contributed by atoms with van der Waals surface area (Å²) in [6, 6.07) is 14.0. The van der Waals surface area contributed by atoms with Gasteiger partial charge in [0, 0.05) is 30.3 Å². The van der Waals surface area contributed by atoms with Crippen LogP contribution in [0.15, 0.2) is 61.1 Å². The molecule has 0 saturated heterocycles. The van der Waals surface area contributed by atoms with Crippen molar-refractivity contribution in [2.45, 2.75) is 19.3 Å². The summed E-state index contributed by atoms with van der Waals surface area (Å²) in [5, 5.41) is 4.34. The highest BCUT2D eigenvalue weighted by Gasteiger charge is 2.23. The maximum atomic E-state index is 6.26. The number of hydrogen-bond donors (Lipinski definition) is 1. The third kappa shape index (κ3) is 2.84. The highest BCUT2D eigenvalue weighted by atomic mass is 16.5. The van der Waals surface area contributed by atoms with Crippen LogP contribution in [0.5, 0.6) is 5.75 Å². The predicted octanol–water partition coefficient (Wildman–Crippen LogP) is 3.75. The van der Waals surface area contributed by atoms with Gasteiger partial charge in [0.25, 0.3) is 0 Å². The molecule has 1 aliphatic carbocycles. The van der Waals surface area contributed by atoms with Crippen LogP contribution in [0, 0.1) is 0 Å². The van der Waals surface area contributed by atoms with Gasteiger partial charge in [0.05, 0.1) is 12.7 Å². The lowest BCUT2D eigenvalue weighted by Crippen LogP contribution is -2.04. The minimum absolute atomic E-state index is 0.413. The van der Waals surface area contributed by atoms with Gasteiger partial charge in [0.1, 0.15) is 5.82 Å². The smallest absolute Gasteiger partial charge is 0.171 e. The molecule has 0 amide bonds. The minimum Gasteiger partial charge on any atom is -0.494 e. The maximum absolute atomic E-state index is 6.26. The fourth-order valence-corrected chi connectivity index (χ4v) is 4.41. The van der Waals surface area contributed by atoms with Crippen molar-refractivity contribution in [2.75, 3.05) is 12.8 Å². The Hall–Kier alpha value is -4.20. The van der Waals surface area contributed by atoms with E-state index in [1.165, 1.54) is 17.5 Å². The van der Waals surface area contributed by atoms with Crippen molar-refractivity contribution in [3.05, 3.63) is 72.2 Å². The van der Waals surface area contributed by atoms with Crippen molar-refractivity contribution >= 4 is 17.0 Å². The molecular formula is C24H21N7O. The van der Waals surface area contributed by atoms with Gasteiger partial charge in [-0.2, -0.15) is 5.10 Å². The van der Waals surface area contributed by atoms with Crippen LogP contribution >= 0.6 is 0 Å². The molecule has 4 aromatic heterocycles. The molecule has 0 aliphatic heterocycles. The Labute approximate surface area is 184 Å². The molecule has 158 valence electrons. The largest absolute Gasteiger partial charge is 0.494 e. The molecule has 0 spiro atoms. The standard InChI is InChI=1S/C24H21N7O/c1-32-19-14-20(30-12-4-11-27-30)28-24-21(19)29-23(18-7-3-10-26-22(18)25)31(24)17-9-8-15-5-2-6-16(15)13-17/h3-4,7-14H,2,5-6H2,1H3,(H2,25,26). The maximum Gasteiger partial charge on any atom is 0.171 e. The first-order chi connectivity index (χ1) is 15.7. The van der Waals surface area contributed by atoms with Gasteiger partial charge in [-0.15, -0.1) is 0 Å². The molecule has 4 heterocycles. The second-order valence-corrected chi connectivity index (χ2v) is 7.82. The van der Waals surface area contributed by atoms with Crippen LogP contribution in [0.1, 0.15) is 17.5 Å². The predicted molar refractivity (Wildman–Crippen MR) is 122 cm³/mol. The zero-order valence-corrected chi connectivity index (χ0v) is 17.6. The molecule has 1 aliphatic rings. The number of fused-ring (bicyclic) bond motifs is 2. The summed E-state index contributed by atoms with van der Waals surface area (Å²) in [4.78, 5) is 14.1. The topological polar surface area (TPSA) is 96.7 Å². The molecule has 32 heavy (non-hydrogen) atoms. The SMILES string of the molecule is COc1cc(-n2cccn2)nc2c1nc(-c1cccnc1N)n2-c1ccc2c(c1)CCC2. The van der Waals surface area contributed by atoms with Crippen LogP contribution in [0.2, 0.25) is 0 Å². The van der Waals surface area contributed by atoms with Crippen LogP contribution in [-0.4, -0.2) is 36.4 Å². The van der Waals surface area contributed by atoms with E-state index in [4.69, 9.17) is 20.4 Å². The van der Waals surface area contributed by atoms with Crippen molar-refractivity contribution in [3.8, 4) is 28.6 Å². The van der Waals surface area contributed by atoms with Gasteiger partial charge in [-0.05, 0) is 60.7 Å². The number of rotatable bonds is 4. The summed E-state index contributed by atoms with van der Waals surface area (Å²) in [6.45, 7) is 0. The van der Waals surface area contributed by atoms with Gasteiger partial charge in [-0.3, -0.25) is 4.57 Å². The number of aromatic nitrogens is 6. The van der Waals surface area contributed by atoms with Gasteiger partial charge in [0.2, 0.25) is 0 Å². The summed E-state index contributed by atoms with van der Waals surface area (Å²) in [5.74, 6) is 2.35. The molecule has 0 atom stereocenters. The van der Waals surface area contributed by atoms with Crippen molar-refractivity contribution in [3.63, 3.8) is 0 Å². The van der Waals surface area contributed by atoms with Crippen molar-refractivity contribution in [1.29, 1.82) is 0 Å². The van der Waals surface area contributed by atoms with Crippen LogP contribution in [-0.2, 0) is 12.8 Å². The van der Waals surface area contributed by atoms with Crippen molar-refractivity contribution < 1.29 is 4.74 Å². The van der Waals surface area contributed by atoms with E-state index in [0.29, 0.717) is 34.4 Å². The minimum atomic E-state index is 0.413. The molecule has 0 saturated carbocycles. The summed E-state index contributed by atoms with van der Waals surface area (Å²) in [5.41, 5.74) is 12.1. The van der Waals surface area contributed by atoms with Crippen LogP contribution in [0.3, 0.4) is 0 Å². The number of methoxy groups -OCH3 is 1. The first-order valence-corrected chi connectivity index (χ1v) is 10.5. The van der Waals surface area contributed by atoms with Gasteiger partial charge < -0.3 is 10.5 Å². The molecular weight excluding hydrogens is 402 g/mol. The zero-order valence-electron chi connectivity index (χ0n) is 17.6. The molecule has 8 nitrogen and oxygen atoms in total. The first-order valence-electron chi connectivity index (χ1n) is 10.5. The number of pyridine rings is 2. The average molecular weight is 423 g/mol. The lowest BCUT2D eigenvalue weighted by atomic mass is 10.1. The van der Waals surface area contributed by atoms with E-state index in [2.05, 4.69) is 28.3 Å². The zero-order chi connectivity index (χ0) is 21.7. The quantitative estimate of drug-likeness (QED) is 0.473. The van der Waals surface area contributed by atoms with E-state index in [9.17, 15) is 0 Å². The highest BCUT2D eigenvalue weighted by molar-refractivity contribution is 5.87. The van der Waals surface area contributed by atoms with E-state index >= 15 is 0 Å². The number of nitrogen functional groups attached to an aromatic ring is 1. The second-order valence-electron chi connectivity index (χ2n) is 7.82. The molecule has 8 heteroatoms. The van der Waals surface area contributed by atoms with Crippen LogP contribution in [0.25, 0.3) is 34.1 Å². The number of hydrogen-bond acceptors (Lipinski definition) is 6. The lowest BCUT2D eigenvalue weighted by molar-refractivity contribution is 0.418. The number of nitrogens with zero attached hydrogens (tertiary/aromatic N) is 6. The fraction of sp³-hybridized carbons (Fsp3) is 0.167. The van der Waals surface area contributed by atoms with Gasteiger partial charge in [0.15, 0.2) is 28.6 Å². The fourth-order valence-electron chi connectivity index (χ4n) is 4.41. The third-order valence-electron chi connectivity index (χ3n) is 5.95. The molecule has 6 rings (SSSR count). The van der Waals surface area contributed by atoms with Crippen LogP contribution < -0.4 is 10.5 Å². The van der Waals surface area contributed by atoms with E-state index in [-0.39, 0.29) is 0 Å². The van der Waals surface area contributed by atoms with Crippen molar-refractivity contribution in [2.24, 2.45) is 0 Å². The Bertz CT molecular complexity index is 1450. The van der Waals surface area contributed by atoms with E-state index < -0.39 is 0 Å². The van der Waals surface area contributed by atoms with E-state index in [0.717, 1.165) is 24.1 Å². The van der Waals surface area contributed by atoms with Gasteiger partial charge in [-0.25, -0.2) is 19.6 Å². The molecule has 1 aromatic carbocycles. The van der Waals surface area contributed by atoms with E-state index in [1.807, 2.05) is 35.0 Å². The normalized spacial score (nSPS) is 12.9. The number of imidazole rings is 1. The Balaban J connectivity index is 1.70. The highest BCUT2D eigenvalue weighted by Crippen LogP contribution is 2.36. The number of ether oxygens (including phenoxy) is 1. The van der Waals surface area contributed by atoms with Crippen molar-refractivity contribution in [1.82, 2.24) is 29.3 Å². The molecule has 5 aromatic rings. The number of aryl methyl sites for hydroxylation is 2. The molecule has 0 bridgehead atoms. The third-order valence-corrected chi connectivity index (χ3v) is 5.95. The summed E-state index contributed by atoms with van der Waals surface area (Å²) in [7, 11) is 1.63. The Morgan fingerprint density at radius 3 is 2.72 bits per heavy atom. The average Bonchev–Trinajstić information content (AvgIpc) is 3.57. The molecule has 2 N–H and O–H groups in total.